The van der Waals surface area contributed by atoms with E-state index in [0.717, 1.165) is 44.1 Å². The van der Waals surface area contributed by atoms with Crippen molar-refractivity contribution in [3.63, 3.8) is 0 Å². The van der Waals surface area contributed by atoms with Gasteiger partial charge >= 0.3 is 0 Å². The second kappa shape index (κ2) is 9.58. The van der Waals surface area contributed by atoms with Crippen molar-refractivity contribution in [2.24, 2.45) is 0 Å². The number of sulfonamides is 1. The molecule has 2 N–H and O–H groups in total. The van der Waals surface area contributed by atoms with E-state index >= 15 is 0 Å². The van der Waals surface area contributed by atoms with Crippen LogP contribution in [-0.4, -0.2) is 24.5 Å². The Kier molecular flexibility index (Phi) is 6.74. The van der Waals surface area contributed by atoms with Gasteiger partial charge in [0.05, 0.1) is 4.90 Å². The fraction of sp³-hybridized carbons (Fsp3) is 0.400. The number of benzene rings is 2. The van der Waals surface area contributed by atoms with Crippen molar-refractivity contribution < 1.29 is 17.7 Å². The third-order valence-corrected chi connectivity index (χ3v) is 7.82. The first-order valence-corrected chi connectivity index (χ1v) is 13.0. The van der Waals surface area contributed by atoms with Gasteiger partial charge in [-0.25, -0.2) is 8.42 Å². The van der Waals surface area contributed by atoms with Crippen LogP contribution in [0.1, 0.15) is 71.7 Å². The second-order valence-electron chi connectivity index (χ2n) is 9.04. The molecular weight excluding hydrogens is 452 g/mol. The summed E-state index contributed by atoms with van der Waals surface area (Å²) in [6.45, 7) is 5.35. The summed E-state index contributed by atoms with van der Waals surface area (Å²) in [6.07, 6.45) is 5.62. The van der Waals surface area contributed by atoms with Crippen molar-refractivity contribution in [3.05, 3.63) is 70.9 Å². The lowest BCUT2D eigenvalue weighted by Crippen LogP contribution is -2.46. The molecule has 0 saturated heterocycles. The Morgan fingerprint density at radius 3 is 2.26 bits per heavy atom. The number of anilines is 1. The van der Waals surface area contributed by atoms with Crippen molar-refractivity contribution >= 4 is 21.6 Å². The Bertz CT molecular complexity index is 1270. The summed E-state index contributed by atoms with van der Waals surface area (Å²) >= 11 is 0. The molecular formula is C25H30N4O4S. The van der Waals surface area contributed by atoms with Crippen LogP contribution in [0, 0.1) is 20.8 Å². The van der Waals surface area contributed by atoms with Crippen LogP contribution >= 0.6 is 0 Å². The Morgan fingerprint density at radius 2 is 1.65 bits per heavy atom. The van der Waals surface area contributed by atoms with Crippen LogP contribution in [0.4, 0.5) is 5.69 Å². The Balaban J connectivity index is 1.53. The first kappa shape index (κ1) is 23.9. The Labute approximate surface area is 200 Å². The van der Waals surface area contributed by atoms with E-state index in [1.54, 1.807) is 50.2 Å². The SMILES string of the molecule is Cc1ccc(C)c(S(=O)(=O)Nc2ccc(C(=O)NC3(c4noc(C)n4)CCCCCC3)cc2)c1. The average molecular weight is 483 g/mol. The van der Waals surface area contributed by atoms with Crippen LogP contribution < -0.4 is 10.0 Å². The minimum Gasteiger partial charge on any atom is -0.340 e. The number of hydrogen-bond donors (Lipinski definition) is 2. The topological polar surface area (TPSA) is 114 Å². The maximum absolute atomic E-state index is 13.2. The van der Waals surface area contributed by atoms with Gasteiger partial charge in [-0.3, -0.25) is 9.52 Å². The molecule has 8 nitrogen and oxygen atoms in total. The summed E-state index contributed by atoms with van der Waals surface area (Å²) in [5, 5.41) is 7.28. The predicted octanol–water partition coefficient (Wildman–Crippen LogP) is 4.78. The first-order valence-electron chi connectivity index (χ1n) is 11.5. The number of hydrogen-bond acceptors (Lipinski definition) is 6. The van der Waals surface area contributed by atoms with Gasteiger partial charge in [-0.15, -0.1) is 0 Å². The fourth-order valence-electron chi connectivity index (χ4n) is 4.42. The maximum Gasteiger partial charge on any atom is 0.262 e. The van der Waals surface area contributed by atoms with Crippen molar-refractivity contribution in [3.8, 4) is 0 Å². The van der Waals surface area contributed by atoms with Gasteiger partial charge in [-0.2, -0.15) is 4.98 Å². The number of aryl methyl sites for hydroxylation is 3. The molecule has 1 heterocycles. The summed E-state index contributed by atoms with van der Waals surface area (Å²) < 4.78 is 33.6. The molecule has 0 bridgehead atoms. The van der Waals surface area contributed by atoms with Crippen molar-refractivity contribution in [2.45, 2.75) is 69.7 Å². The molecule has 0 spiro atoms. The van der Waals surface area contributed by atoms with Gasteiger partial charge in [0.15, 0.2) is 5.82 Å². The zero-order valence-corrected chi connectivity index (χ0v) is 20.5. The van der Waals surface area contributed by atoms with Gasteiger partial charge in [0, 0.05) is 18.2 Å². The molecule has 1 aliphatic carbocycles. The Hall–Kier alpha value is -3.20. The third-order valence-electron chi connectivity index (χ3n) is 6.30. The van der Waals surface area contributed by atoms with E-state index in [2.05, 4.69) is 20.2 Å². The van der Waals surface area contributed by atoms with Crippen LogP contribution in [0.5, 0.6) is 0 Å². The molecule has 1 aliphatic rings. The minimum absolute atomic E-state index is 0.236. The summed E-state index contributed by atoms with van der Waals surface area (Å²) in [5.41, 5.74) is 1.67. The molecule has 0 atom stereocenters. The first-order chi connectivity index (χ1) is 16.2. The predicted molar refractivity (Wildman–Crippen MR) is 129 cm³/mol. The monoisotopic (exact) mass is 482 g/mol. The van der Waals surface area contributed by atoms with Crippen molar-refractivity contribution in [2.75, 3.05) is 4.72 Å². The number of carbonyl (C=O) groups excluding carboxylic acids is 1. The van der Waals surface area contributed by atoms with Crippen LogP contribution in [0.25, 0.3) is 0 Å². The van der Waals surface area contributed by atoms with E-state index in [1.807, 2.05) is 13.0 Å². The zero-order chi connectivity index (χ0) is 24.3. The van der Waals surface area contributed by atoms with Gasteiger partial charge in [-0.05, 0) is 68.1 Å². The van der Waals surface area contributed by atoms with Gasteiger partial charge in [0.25, 0.3) is 15.9 Å². The van der Waals surface area contributed by atoms with Crippen molar-refractivity contribution in [1.29, 1.82) is 0 Å². The lowest BCUT2D eigenvalue weighted by atomic mass is 9.88. The zero-order valence-electron chi connectivity index (χ0n) is 19.7. The largest absolute Gasteiger partial charge is 0.340 e. The van der Waals surface area contributed by atoms with Crippen LogP contribution in [-0.2, 0) is 15.6 Å². The smallest absolute Gasteiger partial charge is 0.262 e. The molecule has 0 aliphatic heterocycles. The number of amides is 1. The van der Waals surface area contributed by atoms with Crippen LogP contribution in [0.3, 0.4) is 0 Å². The highest BCUT2D eigenvalue weighted by Crippen LogP contribution is 2.35. The van der Waals surface area contributed by atoms with E-state index in [-0.39, 0.29) is 10.8 Å². The van der Waals surface area contributed by atoms with E-state index in [4.69, 9.17) is 4.52 Å². The normalized spacial score (nSPS) is 16.0. The molecule has 1 fully saturated rings. The standard InChI is InChI=1S/C25H30N4O4S/c1-17-8-9-18(2)22(16-17)34(31,32)29-21-12-10-20(11-13-21)23(30)27-25(14-6-4-5-7-15-25)24-26-19(3)33-28-24/h8-13,16,29H,4-7,14-15H2,1-3H3,(H,27,30). The molecule has 1 amide bonds. The summed E-state index contributed by atoms with van der Waals surface area (Å²) in [4.78, 5) is 17.8. The van der Waals surface area contributed by atoms with Gasteiger partial charge < -0.3 is 9.84 Å². The lowest BCUT2D eigenvalue weighted by Gasteiger charge is -2.30. The molecule has 0 radical (unpaired) electrons. The van der Waals surface area contributed by atoms with Gasteiger partial charge in [0.1, 0.15) is 5.54 Å². The highest BCUT2D eigenvalue weighted by atomic mass is 32.2. The molecule has 9 heteroatoms. The number of nitrogens with zero attached hydrogens (tertiary/aromatic N) is 2. The quantitative estimate of drug-likeness (QED) is 0.489. The number of carbonyl (C=O) groups is 1. The molecule has 34 heavy (non-hydrogen) atoms. The molecule has 2 aromatic carbocycles. The highest BCUT2D eigenvalue weighted by Gasteiger charge is 2.39. The summed E-state index contributed by atoms with van der Waals surface area (Å²) in [6, 6.07) is 11.7. The summed E-state index contributed by atoms with van der Waals surface area (Å²) in [7, 11) is -3.75. The van der Waals surface area contributed by atoms with E-state index in [9.17, 15) is 13.2 Å². The lowest BCUT2D eigenvalue weighted by molar-refractivity contribution is 0.0876. The minimum atomic E-state index is -3.75. The van der Waals surface area contributed by atoms with Crippen LogP contribution in [0.15, 0.2) is 51.9 Å². The van der Waals surface area contributed by atoms with Crippen LogP contribution in [0.2, 0.25) is 0 Å². The van der Waals surface area contributed by atoms with Gasteiger partial charge in [0.2, 0.25) is 5.89 Å². The summed E-state index contributed by atoms with van der Waals surface area (Å²) in [5.74, 6) is 0.722. The number of aromatic nitrogens is 2. The average Bonchev–Trinajstić information content (AvgIpc) is 3.10. The van der Waals surface area contributed by atoms with Crippen molar-refractivity contribution in [1.82, 2.24) is 15.5 Å². The highest BCUT2D eigenvalue weighted by molar-refractivity contribution is 7.92. The second-order valence-corrected chi connectivity index (χ2v) is 10.7. The number of rotatable bonds is 6. The maximum atomic E-state index is 13.2. The van der Waals surface area contributed by atoms with E-state index in [1.165, 1.54) is 0 Å². The van der Waals surface area contributed by atoms with E-state index < -0.39 is 15.6 Å². The molecule has 0 unspecified atom stereocenters. The molecule has 180 valence electrons. The van der Waals surface area contributed by atoms with Gasteiger partial charge in [-0.1, -0.05) is 43.0 Å². The number of nitrogens with one attached hydrogen (secondary N) is 2. The molecule has 1 aromatic heterocycles. The molecule has 1 saturated carbocycles. The Morgan fingerprint density at radius 1 is 0.971 bits per heavy atom. The molecule has 3 aromatic rings. The molecule has 4 rings (SSSR count). The fourth-order valence-corrected chi connectivity index (χ4v) is 5.81. The van der Waals surface area contributed by atoms with E-state index in [0.29, 0.717) is 28.5 Å². The third kappa shape index (κ3) is 5.14.